The van der Waals surface area contributed by atoms with E-state index in [1.165, 1.54) is 37.3 Å². The molecule has 3 aliphatic rings. The lowest BCUT2D eigenvalue weighted by atomic mass is 9.84. The van der Waals surface area contributed by atoms with Gasteiger partial charge in [0.05, 0.1) is 9.75 Å². The zero-order valence-electron chi connectivity index (χ0n) is 12.7. The number of nitrogens with one attached hydrogen (secondary N) is 1. The van der Waals surface area contributed by atoms with Crippen molar-refractivity contribution in [2.45, 2.75) is 25.8 Å². The quantitative estimate of drug-likeness (QED) is 0.946. The summed E-state index contributed by atoms with van der Waals surface area (Å²) in [5, 5.41) is 3.24. The van der Waals surface area contributed by atoms with E-state index in [-0.39, 0.29) is 5.91 Å². The summed E-state index contributed by atoms with van der Waals surface area (Å²) in [4.78, 5) is 16.7. The highest BCUT2D eigenvalue weighted by Gasteiger charge is 2.35. The Labute approximate surface area is 134 Å². The molecule has 5 heterocycles. The van der Waals surface area contributed by atoms with E-state index in [9.17, 15) is 4.79 Å². The molecule has 2 bridgehead atoms. The lowest BCUT2D eigenvalue weighted by Gasteiger charge is -2.44. The van der Waals surface area contributed by atoms with E-state index in [4.69, 9.17) is 4.42 Å². The molecule has 4 nitrogen and oxygen atoms in total. The summed E-state index contributed by atoms with van der Waals surface area (Å²) in [6.07, 6.45) is 2.43. The molecule has 5 heteroatoms. The van der Waals surface area contributed by atoms with Crippen molar-refractivity contribution >= 4 is 17.2 Å². The Kier molecular flexibility index (Phi) is 3.54. The van der Waals surface area contributed by atoms with Crippen molar-refractivity contribution in [3.8, 4) is 10.6 Å². The number of carbonyl (C=O) groups is 1. The van der Waals surface area contributed by atoms with Gasteiger partial charge in [0.2, 0.25) is 0 Å². The van der Waals surface area contributed by atoms with Crippen LogP contribution in [0.2, 0.25) is 0 Å². The van der Waals surface area contributed by atoms with E-state index in [1.807, 2.05) is 31.2 Å². The summed E-state index contributed by atoms with van der Waals surface area (Å²) < 4.78 is 5.62. The summed E-state index contributed by atoms with van der Waals surface area (Å²) in [6, 6.07) is 8.08. The molecule has 1 atom stereocenters. The zero-order valence-corrected chi connectivity index (χ0v) is 13.5. The first-order valence-corrected chi connectivity index (χ1v) is 8.70. The van der Waals surface area contributed by atoms with Crippen LogP contribution in [0.4, 0.5) is 0 Å². The van der Waals surface area contributed by atoms with Crippen molar-refractivity contribution in [3.63, 3.8) is 0 Å². The van der Waals surface area contributed by atoms with Gasteiger partial charge in [-0.3, -0.25) is 4.79 Å². The third-order valence-corrected chi connectivity index (χ3v) is 5.88. The second kappa shape index (κ2) is 5.56. The smallest absolute Gasteiger partial charge is 0.261 e. The third-order valence-electron chi connectivity index (χ3n) is 4.79. The number of piperidine rings is 3. The number of thiophene rings is 1. The molecule has 3 fully saturated rings. The number of fused-ring (bicyclic) bond motifs is 3. The van der Waals surface area contributed by atoms with Gasteiger partial charge in [0, 0.05) is 12.6 Å². The van der Waals surface area contributed by atoms with Crippen molar-refractivity contribution in [2.24, 2.45) is 5.92 Å². The SMILES string of the molecule is Cc1ccc(-c2ccc(C(=O)NC3CN4CCC3CC4)s2)o1. The van der Waals surface area contributed by atoms with Crippen molar-refractivity contribution in [3.05, 3.63) is 34.9 Å². The van der Waals surface area contributed by atoms with Gasteiger partial charge >= 0.3 is 0 Å². The predicted molar refractivity (Wildman–Crippen MR) is 87.2 cm³/mol. The van der Waals surface area contributed by atoms with Crippen LogP contribution in [0.5, 0.6) is 0 Å². The predicted octanol–water partition coefficient (Wildman–Crippen LogP) is 3.14. The maximum absolute atomic E-state index is 12.5. The van der Waals surface area contributed by atoms with Gasteiger partial charge in [-0.05, 0) is 63.0 Å². The maximum Gasteiger partial charge on any atom is 0.261 e. The normalized spacial score (nSPS) is 27.0. The Morgan fingerprint density at radius 2 is 2.09 bits per heavy atom. The Bertz CT molecular complexity index is 682. The van der Waals surface area contributed by atoms with Crippen LogP contribution in [0, 0.1) is 12.8 Å². The molecule has 0 aliphatic carbocycles. The fourth-order valence-electron chi connectivity index (χ4n) is 3.53. The second-order valence-electron chi connectivity index (χ2n) is 6.29. The monoisotopic (exact) mass is 316 g/mol. The summed E-state index contributed by atoms with van der Waals surface area (Å²) in [6.45, 7) is 5.32. The molecule has 0 saturated carbocycles. The Balaban J connectivity index is 1.46. The number of hydrogen-bond donors (Lipinski definition) is 1. The lowest BCUT2D eigenvalue weighted by molar-refractivity contribution is 0.0622. The Hall–Kier alpha value is -1.59. The van der Waals surface area contributed by atoms with Gasteiger partial charge in [-0.25, -0.2) is 0 Å². The molecule has 2 aromatic heterocycles. The molecule has 1 N–H and O–H groups in total. The van der Waals surface area contributed by atoms with Crippen LogP contribution < -0.4 is 5.32 Å². The van der Waals surface area contributed by atoms with Crippen molar-refractivity contribution in [1.82, 2.24) is 10.2 Å². The number of carbonyl (C=O) groups excluding carboxylic acids is 1. The number of rotatable bonds is 3. The highest BCUT2D eigenvalue weighted by Crippen LogP contribution is 2.31. The van der Waals surface area contributed by atoms with E-state index in [0.717, 1.165) is 27.8 Å². The van der Waals surface area contributed by atoms with Gasteiger partial charge in [0.1, 0.15) is 11.5 Å². The molecular weight excluding hydrogens is 296 g/mol. The average Bonchev–Trinajstić information content (AvgIpc) is 3.17. The van der Waals surface area contributed by atoms with E-state index in [1.54, 1.807) is 0 Å². The molecule has 3 saturated heterocycles. The van der Waals surface area contributed by atoms with Gasteiger partial charge in [0.25, 0.3) is 5.91 Å². The van der Waals surface area contributed by atoms with E-state index >= 15 is 0 Å². The lowest BCUT2D eigenvalue weighted by Crippen LogP contribution is -2.57. The Morgan fingerprint density at radius 3 is 2.73 bits per heavy atom. The van der Waals surface area contributed by atoms with Gasteiger partial charge in [-0.15, -0.1) is 11.3 Å². The molecule has 1 unspecified atom stereocenters. The molecule has 5 rings (SSSR count). The van der Waals surface area contributed by atoms with E-state index < -0.39 is 0 Å². The number of furan rings is 1. The van der Waals surface area contributed by atoms with Gasteiger partial charge in [-0.2, -0.15) is 0 Å². The van der Waals surface area contributed by atoms with Crippen molar-refractivity contribution < 1.29 is 9.21 Å². The summed E-state index contributed by atoms with van der Waals surface area (Å²) in [7, 11) is 0. The molecule has 0 radical (unpaired) electrons. The first kappa shape index (κ1) is 14.0. The van der Waals surface area contributed by atoms with Crippen LogP contribution in [0.1, 0.15) is 28.3 Å². The molecule has 116 valence electrons. The molecule has 3 aliphatic heterocycles. The molecule has 2 aromatic rings. The molecular formula is C17H20N2O2S. The molecule has 1 amide bonds. The average molecular weight is 316 g/mol. The minimum absolute atomic E-state index is 0.0540. The van der Waals surface area contributed by atoms with Crippen LogP contribution in [0.15, 0.2) is 28.7 Å². The molecule has 0 aromatic carbocycles. The number of aryl methyl sites for hydroxylation is 1. The Morgan fingerprint density at radius 1 is 1.27 bits per heavy atom. The van der Waals surface area contributed by atoms with Crippen LogP contribution in [-0.4, -0.2) is 36.5 Å². The highest BCUT2D eigenvalue weighted by molar-refractivity contribution is 7.17. The summed E-state index contributed by atoms with van der Waals surface area (Å²) in [5.41, 5.74) is 0. The first-order chi connectivity index (χ1) is 10.7. The van der Waals surface area contributed by atoms with Crippen LogP contribution in [-0.2, 0) is 0 Å². The number of hydrogen-bond acceptors (Lipinski definition) is 4. The number of amides is 1. The fraction of sp³-hybridized carbons (Fsp3) is 0.471. The number of nitrogens with zero attached hydrogens (tertiary/aromatic N) is 1. The third kappa shape index (κ3) is 2.59. The van der Waals surface area contributed by atoms with Crippen LogP contribution in [0.3, 0.4) is 0 Å². The molecule has 0 spiro atoms. The highest BCUT2D eigenvalue weighted by atomic mass is 32.1. The van der Waals surface area contributed by atoms with Crippen molar-refractivity contribution in [2.75, 3.05) is 19.6 Å². The van der Waals surface area contributed by atoms with E-state index in [2.05, 4.69) is 10.2 Å². The standard InChI is InChI=1S/C17H20N2O2S/c1-11-2-3-14(21-11)15-4-5-16(22-15)17(20)18-13-10-19-8-6-12(13)7-9-19/h2-5,12-13H,6-10H2,1H3,(H,18,20). The summed E-state index contributed by atoms with van der Waals surface area (Å²) in [5.74, 6) is 2.44. The van der Waals surface area contributed by atoms with E-state index in [0.29, 0.717) is 12.0 Å². The topological polar surface area (TPSA) is 45.5 Å². The molecule has 22 heavy (non-hydrogen) atoms. The fourth-order valence-corrected chi connectivity index (χ4v) is 4.40. The first-order valence-electron chi connectivity index (χ1n) is 7.89. The maximum atomic E-state index is 12.5. The summed E-state index contributed by atoms with van der Waals surface area (Å²) >= 11 is 1.50. The second-order valence-corrected chi connectivity index (χ2v) is 7.38. The largest absolute Gasteiger partial charge is 0.461 e. The minimum Gasteiger partial charge on any atom is -0.461 e. The van der Waals surface area contributed by atoms with Gasteiger partial charge in [-0.1, -0.05) is 0 Å². The van der Waals surface area contributed by atoms with Gasteiger partial charge < -0.3 is 14.6 Å². The van der Waals surface area contributed by atoms with Crippen molar-refractivity contribution in [1.29, 1.82) is 0 Å². The van der Waals surface area contributed by atoms with Crippen LogP contribution >= 0.6 is 11.3 Å². The minimum atomic E-state index is 0.0540. The zero-order chi connectivity index (χ0) is 15.1. The van der Waals surface area contributed by atoms with Gasteiger partial charge in [0.15, 0.2) is 0 Å². The van der Waals surface area contributed by atoms with Crippen LogP contribution in [0.25, 0.3) is 10.6 Å².